The largest absolute Gasteiger partial charge is 0.451 e. The first-order valence-electron chi connectivity index (χ1n) is 9.77. The van der Waals surface area contributed by atoms with Crippen LogP contribution in [0.15, 0.2) is 82.6 Å². The van der Waals surface area contributed by atoms with Gasteiger partial charge >= 0.3 is 5.97 Å². The van der Waals surface area contributed by atoms with Crippen LogP contribution in [-0.4, -0.2) is 32.5 Å². The van der Waals surface area contributed by atoms with Gasteiger partial charge < -0.3 is 4.74 Å². The van der Waals surface area contributed by atoms with E-state index in [1.807, 2.05) is 6.07 Å². The van der Waals surface area contributed by atoms with Crippen molar-refractivity contribution in [3.8, 4) is 6.07 Å². The minimum absolute atomic E-state index is 0.278. The summed E-state index contributed by atoms with van der Waals surface area (Å²) in [5.74, 6) is -1.09. The van der Waals surface area contributed by atoms with Gasteiger partial charge in [0, 0.05) is 21.0 Å². The molecule has 0 aliphatic rings. The van der Waals surface area contributed by atoms with Crippen LogP contribution in [0.1, 0.15) is 33.2 Å². The van der Waals surface area contributed by atoms with Crippen LogP contribution in [-0.2, 0) is 14.8 Å². The Morgan fingerprint density at radius 2 is 1.58 bits per heavy atom. The van der Waals surface area contributed by atoms with Crippen LogP contribution in [0.2, 0.25) is 0 Å². The number of hydrogen-bond acceptors (Lipinski definition) is 7. The van der Waals surface area contributed by atoms with Gasteiger partial charge in [-0.1, -0.05) is 36.0 Å². The number of nitriles is 1. The third-order valence-electron chi connectivity index (χ3n) is 4.46. The minimum atomic E-state index is -3.43. The minimum Gasteiger partial charge on any atom is -0.451 e. The zero-order chi connectivity index (χ0) is 24.0. The highest BCUT2D eigenvalue weighted by atomic mass is 32.2. The van der Waals surface area contributed by atoms with Crippen LogP contribution in [0.3, 0.4) is 0 Å². The van der Waals surface area contributed by atoms with Gasteiger partial charge in [-0.2, -0.15) is 5.26 Å². The number of esters is 1. The smallest absolute Gasteiger partial charge is 0.340 e. The maximum Gasteiger partial charge on any atom is 0.340 e. The molecule has 0 bridgehead atoms. The number of benzene rings is 3. The fourth-order valence-corrected chi connectivity index (χ4v) is 4.50. The van der Waals surface area contributed by atoms with Crippen molar-refractivity contribution in [2.24, 2.45) is 0 Å². The average molecular weight is 481 g/mol. The Morgan fingerprint density at radius 3 is 2.21 bits per heavy atom. The molecular formula is C24H20N2O5S2. The summed E-state index contributed by atoms with van der Waals surface area (Å²) in [5.41, 5.74) is 1.37. The van der Waals surface area contributed by atoms with Crippen molar-refractivity contribution in [2.45, 2.75) is 22.8 Å². The van der Waals surface area contributed by atoms with E-state index >= 15 is 0 Å². The van der Waals surface area contributed by atoms with E-state index < -0.39 is 27.9 Å². The van der Waals surface area contributed by atoms with Gasteiger partial charge in [0.1, 0.15) is 6.07 Å². The maximum atomic E-state index is 12.8. The van der Waals surface area contributed by atoms with Gasteiger partial charge in [-0.25, -0.2) is 13.2 Å². The van der Waals surface area contributed by atoms with Crippen molar-refractivity contribution in [2.75, 3.05) is 11.0 Å². The SMILES string of the molecule is CC(OC(=O)c1ccccc1Sc1ccccc1C#N)C(=O)c1ccc(NS(C)(=O)=O)cc1. The number of carbonyl (C=O) groups excluding carboxylic acids is 2. The van der Waals surface area contributed by atoms with Crippen molar-refractivity contribution < 1.29 is 22.7 Å². The quantitative estimate of drug-likeness (QED) is 0.373. The number of rotatable bonds is 8. The molecule has 1 N–H and O–H groups in total. The fourth-order valence-electron chi connectivity index (χ4n) is 2.92. The number of sulfonamides is 1. The topological polar surface area (TPSA) is 113 Å². The second kappa shape index (κ2) is 10.3. The van der Waals surface area contributed by atoms with E-state index in [0.717, 1.165) is 6.26 Å². The van der Waals surface area contributed by atoms with Crippen LogP contribution in [0.25, 0.3) is 0 Å². The first-order chi connectivity index (χ1) is 15.7. The molecule has 0 saturated carbocycles. The predicted octanol–water partition coefficient (Wildman–Crippen LogP) is 4.51. The zero-order valence-corrected chi connectivity index (χ0v) is 19.4. The van der Waals surface area contributed by atoms with Crippen LogP contribution in [0, 0.1) is 11.3 Å². The van der Waals surface area contributed by atoms with E-state index in [9.17, 15) is 23.3 Å². The van der Waals surface area contributed by atoms with Crippen molar-refractivity contribution >= 4 is 39.2 Å². The molecular weight excluding hydrogens is 460 g/mol. The Morgan fingerprint density at radius 1 is 0.970 bits per heavy atom. The lowest BCUT2D eigenvalue weighted by Crippen LogP contribution is -2.24. The maximum absolute atomic E-state index is 12.8. The van der Waals surface area contributed by atoms with Gasteiger partial charge in [0.25, 0.3) is 0 Å². The van der Waals surface area contributed by atoms with Gasteiger partial charge in [0.15, 0.2) is 6.10 Å². The first kappa shape index (κ1) is 24.0. The Hall–Kier alpha value is -3.61. The highest BCUT2D eigenvalue weighted by molar-refractivity contribution is 7.99. The third-order valence-corrected chi connectivity index (χ3v) is 6.22. The van der Waals surface area contributed by atoms with Gasteiger partial charge in [0.05, 0.1) is 17.4 Å². The third kappa shape index (κ3) is 6.44. The Balaban J connectivity index is 1.74. The summed E-state index contributed by atoms with van der Waals surface area (Å²) < 4.78 is 30.4. The summed E-state index contributed by atoms with van der Waals surface area (Å²) in [5, 5.41) is 9.31. The molecule has 7 nitrogen and oxygen atoms in total. The Kier molecular flexibility index (Phi) is 7.53. The summed E-state index contributed by atoms with van der Waals surface area (Å²) in [6.45, 7) is 1.48. The van der Waals surface area contributed by atoms with Crippen molar-refractivity contribution in [3.63, 3.8) is 0 Å². The molecule has 0 saturated heterocycles. The lowest BCUT2D eigenvalue weighted by molar-refractivity contribution is 0.0315. The number of nitrogens with one attached hydrogen (secondary N) is 1. The molecule has 0 spiro atoms. The molecule has 0 aliphatic heterocycles. The molecule has 0 aromatic heterocycles. The molecule has 1 unspecified atom stereocenters. The molecule has 1 atom stereocenters. The lowest BCUT2D eigenvalue weighted by Gasteiger charge is -2.15. The molecule has 168 valence electrons. The summed E-state index contributed by atoms with van der Waals surface area (Å²) in [7, 11) is -3.43. The van der Waals surface area contributed by atoms with Gasteiger partial charge in [-0.15, -0.1) is 0 Å². The molecule has 9 heteroatoms. The fraction of sp³-hybridized carbons (Fsp3) is 0.125. The van der Waals surface area contributed by atoms with E-state index in [2.05, 4.69) is 10.8 Å². The molecule has 3 aromatic carbocycles. The van der Waals surface area contributed by atoms with Crippen molar-refractivity contribution in [1.29, 1.82) is 5.26 Å². The lowest BCUT2D eigenvalue weighted by atomic mass is 10.1. The number of ether oxygens (including phenoxy) is 1. The molecule has 3 rings (SSSR count). The van der Waals surface area contributed by atoms with Gasteiger partial charge in [-0.3, -0.25) is 9.52 Å². The van der Waals surface area contributed by atoms with E-state index in [1.165, 1.54) is 43.0 Å². The molecule has 0 aliphatic carbocycles. The molecule has 0 heterocycles. The summed E-state index contributed by atoms with van der Waals surface area (Å²) in [6, 6.07) is 21.8. The second-order valence-corrected chi connectivity index (χ2v) is 9.90. The highest BCUT2D eigenvalue weighted by Gasteiger charge is 2.22. The number of Topliss-reactive ketones (excluding diaryl/α,β-unsaturated/α-hetero) is 1. The summed E-state index contributed by atoms with van der Waals surface area (Å²) in [6.07, 6.45) is -0.0292. The first-order valence-corrected chi connectivity index (χ1v) is 12.5. The van der Waals surface area contributed by atoms with E-state index in [1.54, 1.807) is 42.5 Å². The molecule has 0 amide bonds. The average Bonchev–Trinajstić information content (AvgIpc) is 2.78. The Bertz CT molecular complexity index is 1330. The van der Waals surface area contributed by atoms with Crippen LogP contribution in [0.5, 0.6) is 0 Å². The number of ketones is 1. The number of carbonyl (C=O) groups is 2. The standard InChI is InChI=1S/C24H20N2O5S2/c1-16(23(27)17-11-13-19(14-12-17)26-33(2,29)30)31-24(28)20-8-4-6-10-22(20)32-21-9-5-3-7-18(21)15-25/h3-14,16,26H,1-2H3. The number of anilines is 1. The highest BCUT2D eigenvalue weighted by Crippen LogP contribution is 2.33. The summed E-state index contributed by atoms with van der Waals surface area (Å²) in [4.78, 5) is 26.8. The Labute approximate surface area is 196 Å². The molecule has 33 heavy (non-hydrogen) atoms. The predicted molar refractivity (Wildman–Crippen MR) is 126 cm³/mol. The van der Waals surface area contributed by atoms with Gasteiger partial charge in [-0.05, 0) is 55.5 Å². The van der Waals surface area contributed by atoms with E-state index in [-0.39, 0.29) is 11.1 Å². The molecule has 0 radical (unpaired) electrons. The van der Waals surface area contributed by atoms with E-state index in [0.29, 0.717) is 21.0 Å². The number of hydrogen-bond donors (Lipinski definition) is 1. The second-order valence-electron chi connectivity index (χ2n) is 7.07. The number of nitrogens with zero attached hydrogens (tertiary/aromatic N) is 1. The monoisotopic (exact) mass is 480 g/mol. The molecule has 0 fully saturated rings. The molecule has 3 aromatic rings. The van der Waals surface area contributed by atoms with Crippen molar-refractivity contribution in [1.82, 2.24) is 0 Å². The zero-order valence-electron chi connectivity index (χ0n) is 17.8. The van der Waals surface area contributed by atoms with Crippen molar-refractivity contribution in [3.05, 3.63) is 89.5 Å². The van der Waals surface area contributed by atoms with Crippen LogP contribution >= 0.6 is 11.8 Å². The normalized spacial score (nSPS) is 11.8. The van der Waals surface area contributed by atoms with Gasteiger partial charge in [0.2, 0.25) is 15.8 Å². The van der Waals surface area contributed by atoms with Crippen LogP contribution in [0.4, 0.5) is 5.69 Å². The van der Waals surface area contributed by atoms with E-state index in [4.69, 9.17) is 4.74 Å². The summed E-state index contributed by atoms with van der Waals surface area (Å²) >= 11 is 1.27. The van der Waals surface area contributed by atoms with Crippen LogP contribution < -0.4 is 4.72 Å².